The Hall–Kier alpha value is -2.67. The molecular formula is C16H17N3O4. The zero-order chi connectivity index (χ0) is 16.2. The molecule has 23 heavy (non-hydrogen) atoms. The van der Waals surface area contributed by atoms with Crippen molar-refractivity contribution in [2.45, 2.75) is 12.5 Å². The van der Waals surface area contributed by atoms with Crippen LogP contribution in [-0.4, -0.2) is 57.5 Å². The van der Waals surface area contributed by atoms with E-state index in [0.717, 1.165) is 5.69 Å². The summed E-state index contributed by atoms with van der Waals surface area (Å²) in [5, 5.41) is 13.3. The van der Waals surface area contributed by atoms with Gasteiger partial charge < -0.3 is 14.7 Å². The van der Waals surface area contributed by atoms with Crippen molar-refractivity contribution in [1.82, 2.24) is 14.7 Å². The number of ether oxygens (including phenoxy) is 1. The minimum absolute atomic E-state index is 0.134. The smallest absolute Gasteiger partial charge is 0.305 e. The number of carbonyl (C=O) groups excluding carboxylic acids is 1. The Bertz CT molecular complexity index is 698. The molecule has 0 aliphatic carbocycles. The standard InChI is InChI=1S/C16H17N3O4/c20-15(21)10-13-11-23-9-8-18(13)16(22)14-6-7-19(17-14)12-4-2-1-3-5-12/h1-7,13H,8-11H2,(H,20,21). The van der Waals surface area contributed by atoms with Gasteiger partial charge in [-0.15, -0.1) is 0 Å². The summed E-state index contributed by atoms with van der Waals surface area (Å²) >= 11 is 0. The molecule has 0 bridgehead atoms. The highest BCUT2D eigenvalue weighted by Crippen LogP contribution is 2.15. The second kappa shape index (κ2) is 6.62. The fourth-order valence-corrected chi connectivity index (χ4v) is 2.60. The second-order valence-electron chi connectivity index (χ2n) is 5.31. The lowest BCUT2D eigenvalue weighted by Gasteiger charge is -2.34. The molecule has 0 spiro atoms. The molecule has 120 valence electrons. The van der Waals surface area contributed by atoms with Crippen LogP contribution in [0.15, 0.2) is 42.6 Å². The molecule has 7 nitrogen and oxygen atoms in total. The van der Waals surface area contributed by atoms with Crippen molar-refractivity contribution in [1.29, 1.82) is 0 Å². The third-order valence-electron chi connectivity index (χ3n) is 3.73. The summed E-state index contributed by atoms with van der Waals surface area (Å²) in [6.07, 6.45) is 1.58. The largest absolute Gasteiger partial charge is 0.481 e. The highest BCUT2D eigenvalue weighted by atomic mass is 16.5. The van der Waals surface area contributed by atoms with Crippen molar-refractivity contribution >= 4 is 11.9 Å². The Morgan fingerprint density at radius 2 is 2.04 bits per heavy atom. The Morgan fingerprint density at radius 1 is 1.26 bits per heavy atom. The van der Waals surface area contributed by atoms with Gasteiger partial charge in [0, 0.05) is 12.7 Å². The van der Waals surface area contributed by atoms with E-state index in [9.17, 15) is 9.59 Å². The molecule has 1 atom stereocenters. The first-order valence-corrected chi connectivity index (χ1v) is 7.37. The van der Waals surface area contributed by atoms with Gasteiger partial charge in [-0.2, -0.15) is 5.10 Å². The normalized spacial score (nSPS) is 17.9. The number of para-hydroxylation sites is 1. The first-order chi connectivity index (χ1) is 11.1. The summed E-state index contributed by atoms with van der Waals surface area (Å²) in [4.78, 5) is 25.1. The van der Waals surface area contributed by atoms with Gasteiger partial charge in [-0.3, -0.25) is 9.59 Å². The molecule has 1 N–H and O–H groups in total. The number of amides is 1. The molecule has 0 saturated carbocycles. The Balaban J connectivity index is 1.79. The number of carboxylic acid groups (broad SMARTS) is 1. The summed E-state index contributed by atoms with van der Waals surface area (Å²) in [5.74, 6) is -1.22. The van der Waals surface area contributed by atoms with Crippen LogP contribution in [0.2, 0.25) is 0 Å². The maximum absolute atomic E-state index is 12.6. The molecule has 1 aliphatic rings. The number of hydrogen-bond donors (Lipinski definition) is 1. The maximum atomic E-state index is 12.6. The number of carbonyl (C=O) groups is 2. The van der Waals surface area contributed by atoms with E-state index in [-0.39, 0.29) is 18.9 Å². The number of aromatic nitrogens is 2. The monoisotopic (exact) mass is 315 g/mol. The minimum Gasteiger partial charge on any atom is -0.481 e. The van der Waals surface area contributed by atoms with Crippen LogP contribution >= 0.6 is 0 Å². The van der Waals surface area contributed by atoms with Crippen LogP contribution in [0.5, 0.6) is 0 Å². The fraction of sp³-hybridized carbons (Fsp3) is 0.312. The highest BCUT2D eigenvalue weighted by molar-refractivity contribution is 5.92. The van der Waals surface area contributed by atoms with Crippen LogP contribution in [-0.2, 0) is 9.53 Å². The van der Waals surface area contributed by atoms with E-state index in [1.54, 1.807) is 16.9 Å². The van der Waals surface area contributed by atoms with Gasteiger partial charge in [0.1, 0.15) is 0 Å². The molecule has 3 rings (SSSR count). The van der Waals surface area contributed by atoms with Crippen molar-refractivity contribution in [3.63, 3.8) is 0 Å². The molecule has 2 heterocycles. The van der Waals surface area contributed by atoms with Gasteiger partial charge in [-0.25, -0.2) is 4.68 Å². The molecular weight excluding hydrogens is 298 g/mol. The van der Waals surface area contributed by atoms with Crippen molar-refractivity contribution in [3.05, 3.63) is 48.3 Å². The van der Waals surface area contributed by atoms with Crippen LogP contribution in [0.1, 0.15) is 16.9 Å². The van der Waals surface area contributed by atoms with Crippen LogP contribution in [0.25, 0.3) is 5.69 Å². The van der Waals surface area contributed by atoms with E-state index in [4.69, 9.17) is 9.84 Å². The molecule has 7 heteroatoms. The molecule has 1 aromatic heterocycles. The van der Waals surface area contributed by atoms with Crippen molar-refractivity contribution < 1.29 is 19.4 Å². The van der Waals surface area contributed by atoms with E-state index in [1.807, 2.05) is 30.3 Å². The number of aliphatic carboxylic acids is 1. The predicted octanol–water partition coefficient (Wildman–Crippen LogP) is 1.19. The molecule has 1 aromatic carbocycles. The topological polar surface area (TPSA) is 84.7 Å². The highest BCUT2D eigenvalue weighted by Gasteiger charge is 2.30. The average molecular weight is 315 g/mol. The number of carboxylic acids is 1. The summed E-state index contributed by atoms with van der Waals surface area (Å²) in [5.41, 5.74) is 1.15. The van der Waals surface area contributed by atoms with Crippen molar-refractivity contribution in [3.8, 4) is 5.69 Å². The molecule has 0 radical (unpaired) electrons. The zero-order valence-corrected chi connectivity index (χ0v) is 12.5. The van der Waals surface area contributed by atoms with E-state index in [0.29, 0.717) is 18.8 Å². The lowest BCUT2D eigenvalue weighted by atomic mass is 10.1. The van der Waals surface area contributed by atoms with Gasteiger partial charge >= 0.3 is 5.97 Å². The zero-order valence-electron chi connectivity index (χ0n) is 12.5. The summed E-state index contributed by atoms with van der Waals surface area (Å²) in [7, 11) is 0. The van der Waals surface area contributed by atoms with Crippen LogP contribution in [0.3, 0.4) is 0 Å². The number of nitrogens with zero attached hydrogens (tertiary/aromatic N) is 3. The quantitative estimate of drug-likeness (QED) is 0.916. The lowest BCUT2D eigenvalue weighted by molar-refractivity contribution is -0.139. The maximum Gasteiger partial charge on any atom is 0.305 e. The van der Waals surface area contributed by atoms with Gasteiger partial charge in [0.15, 0.2) is 5.69 Å². The molecule has 1 fully saturated rings. The van der Waals surface area contributed by atoms with Gasteiger partial charge in [0.25, 0.3) is 5.91 Å². The Labute approximate surface area is 133 Å². The minimum atomic E-state index is -0.951. The van der Waals surface area contributed by atoms with Crippen LogP contribution in [0, 0.1) is 0 Å². The van der Waals surface area contributed by atoms with Gasteiger partial charge in [0.2, 0.25) is 0 Å². The number of benzene rings is 1. The van der Waals surface area contributed by atoms with Crippen molar-refractivity contribution in [2.75, 3.05) is 19.8 Å². The molecule has 1 unspecified atom stereocenters. The molecule has 1 saturated heterocycles. The van der Waals surface area contributed by atoms with Gasteiger partial charge in [0.05, 0.1) is 31.4 Å². The first-order valence-electron chi connectivity index (χ1n) is 7.37. The summed E-state index contributed by atoms with van der Waals surface area (Å²) in [6.45, 7) is 1.01. The van der Waals surface area contributed by atoms with E-state index in [2.05, 4.69) is 5.10 Å². The predicted molar refractivity (Wildman–Crippen MR) is 81.5 cm³/mol. The molecule has 1 aliphatic heterocycles. The summed E-state index contributed by atoms with van der Waals surface area (Å²) < 4.78 is 6.92. The number of rotatable bonds is 4. The van der Waals surface area contributed by atoms with E-state index in [1.165, 1.54) is 4.90 Å². The number of morpholine rings is 1. The third-order valence-corrected chi connectivity index (χ3v) is 3.73. The fourth-order valence-electron chi connectivity index (χ4n) is 2.60. The summed E-state index contributed by atoms with van der Waals surface area (Å²) in [6, 6.07) is 10.7. The Morgan fingerprint density at radius 3 is 2.78 bits per heavy atom. The van der Waals surface area contributed by atoms with E-state index >= 15 is 0 Å². The lowest BCUT2D eigenvalue weighted by Crippen LogP contribution is -2.49. The van der Waals surface area contributed by atoms with Crippen molar-refractivity contribution in [2.24, 2.45) is 0 Å². The first kappa shape index (κ1) is 15.2. The van der Waals surface area contributed by atoms with Crippen LogP contribution in [0.4, 0.5) is 0 Å². The SMILES string of the molecule is O=C(O)CC1COCCN1C(=O)c1ccn(-c2ccccc2)n1. The Kier molecular flexibility index (Phi) is 4.38. The van der Waals surface area contributed by atoms with E-state index < -0.39 is 12.0 Å². The average Bonchev–Trinajstić information content (AvgIpc) is 3.05. The van der Waals surface area contributed by atoms with Gasteiger partial charge in [-0.1, -0.05) is 18.2 Å². The van der Waals surface area contributed by atoms with Crippen LogP contribution < -0.4 is 0 Å². The molecule has 2 aromatic rings. The number of hydrogen-bond acceptors (Lipinski definition) is 4. The third kappa shape index (κ3) is 3.40. The molecule has 1 amide bonds. The second-order valence-corrected chi connectivity index (χ2v) is 5.31. The van der Waals surface area contributed by atoms with Gasteiger partial charge in [-0.05, 0) is 18.2 Å².